The van der Waals surface area contributed by atoms with Crippen LogP contribution in [0.3, 0.4) is 0 Å². The maximum Gasteiger partial charge on any atom is 0.326 e. The fraction of sp³-hybridized carbons (Fsp3) is 0.222. The van der Waals surface area contributed by atoms with Gasteiger partial charge in [0.25, 0.3) is 11.6 Å². The Bertz CT molecular complexity index is 957. The number of nitro benzene ring substituents is 1. The standard InChI is InChI=1S/C18H16N4O6/c23-15-6-3-11-8-12(9-19-16(11)21-15)17(24)20-14(18(25)26)7-10-1-4-13(5-2-10)22(27)28/h1-2,4-5,8-9,14H,3,6-7H2,(H,20,24)(H,25,26)(H,19,21,23). The van der Waals surface area contributed by atoms with Gasteiger partial charge in [0.15, 0.2) is 0 Å². The highest BCUT2D eigenvalue weighted by atomic mass is 16.6. The molecule has 0 saturated carbocycles. The molecule has 0 aliphatic carbocycles. The molecule has 0 spiro atoms. The van der Waals surface area contributed by atoms with Crippen LogP contribution in [0.5, 0.6) is 0 Å². The molecule has 144 valence electrons. The summed E-state index contributed by atoms with van der Waals surface area (Å²) >= 11 is 0. The van der Waals surface area contributed by atoms with Gasteiger partial charge in [-0.1, -0.05) is 12.1 Å². The highest BCUT2D eigenvalue weighted by Crippen LogP contribution is 2.21. The molecule has 3 N–H and O–H groups in total. The molecule has 1 atom stereocenters. The second kappa shape index (κ2) is 7.82. The maximum atomic E-state index is 12.5. The van der Waals surface area contributed by atoms with Crippen molar-refractivity contribution in [3.63, 3.8) is 0 Å². The van der Waals surface area contributed by atoms with Gasteiger partial charge in [-0.25, -0.2) is 9.78 Å². The molecule has 1 aromatic heterocycles. The summed E-state index contributed by atoms with van der Waals surface area (Å²) in [6, 6.07) is 5.80. The van der Waals surface area contributed by atoms with E-state index in [9.17, 15) is 29.6 Å². The van der Waals surface area contributed by atoms with Gasteiger partial charge in [0.2, 0.25) is 5.91 Å². The SMILES string of the molecule is O=C1CCc2cc(C(=O)NC(Cc3ccc([N+](=O)[O-])cc3)C(=O)O)cnc2N1. The minimum atomic E-state index is -1.23. The van der Waals surface area contributed by atoms with E-state index >= 15 is 0 Å². The molecule has 0 saturated heterocycles. The lowest BCUT2D eigenvalue weighted by Gasteiger charge is -2.18. The van der Waals surface area contributed by atoms with E-state index in [0.717, 1.165) is 0 Å². The van der Waals surface area contributed by atoms with E-state index in [1.807, 2.05) is 0 Å². The third kappa shape index (κ3) is 4.29. The predicted octanol–water partition coefficient (Wildman–Crippen LogP) is 1.30. The summed E-state index contributed by atoms with van der Waals surface area (Å²) in [7, 11) is 0. The van der Waals surface area contributed by atoms with E-state index in [4.69, 9.17) is 0 Å². The van der Waals surface area contributed by atoms with Crippen molar-refractivity contribution in [1.29, 1.82) is 0 Å². The summed E-state index contributed by atoms with van der Waals surface area (Å²) in [5.41, 5.74) is 1.32. The van der Waals surface area contributed by atoms with Crippen LogP contribution in [0.2, 0.25) is 0 Å². The number of aromatic nitrogens is 1. The van der Waals surface area contributed by atoms with Crippen molar-refractivity contribution in [3.8, 4) is 0 Å². The quantitative estimate of drug-likeness (QED) is 0.501. The van der Waals surface area contributed by atoms with Crippen molar-refractivity contribution in [2.75, 3.05) is 5.32 Å². The van der Waals surface area contributed by atoms with Crippen LogP contribution in [-0.4, -0.2) is 38.8 Å². The van der Waals surface area contributed by atoms with E-state index in [2.05, 4.69) is 15.6 Å². The molecular formula is C18H16N4O6. The van der Waals surface area contributed by atoms with Crippen molar-refractivity contribution in [3.05, 3.63) is 63.3 Å². The number of benzene rings is 1. The van der Waals surface area contributed by atoms with Crippen LogP contribution in [0.25, 0.3) is 0 Å². The van der Waals surface area contributed by atoms with Crippen LogP contribution in [0, 0.1) is 10.1 Å². The number of anilines is 1. The molecule has 0 fully saturated rings. The Morgan fingerprint density at radius 2 is 2.00 bits per heavy atom. The minimum Gasteiger partial charge on any atom is -0.480 e. The fourth-order valence-corrected chi connectivity index (χ4v) is 2.81. The van der Waals surface area contributed by atoms with E-state index in [0.29, 0.717) is 23.4 Å². The number of rotatable bonds is 6. The Kier molecular flexibility index (Phi) is 5.30. The summed E-state index contributed by atoms with van der Waals surface area (Å²) in [4.78, 5) is 49.5. The number of carboxylic acid groups (broad SMARTS) is 1. The Morgan fingerprint density at radius 3 is 2.64 bits per heavy atom. The minimum absolute atomic E-state index is 0.0342. The molecule has 10 nitrogen and oxygen atoms in total. The van der Waals surface area contributed by atoms with Crippen molar-refractivity contribution in [2.24, 2.45) is 0 Å². The Balaban J connectivity index is 1.71. The number of carbonyl (C=O) groups excluding carboxylic acids is 2. The third-order valence-electron chi connectivity index (χ3n) is 4.30. The van der Waals surface area contributed by atoms with Gasteiger partial charge in [-0.05, 0) is 23.6 Å². The second-order valence-corrected chi connectivity index (χ2v) is 6.27. The number of carbonyl (C=O) groups is 3. The van der Waals surface area contributed by atoms with Gasteiger partial charge in [0.1, 0.15) is 11.9 Å². The normalized spacial score (nSPS) is 13.8. The lowest BCUT2D eigenvalue weighted by atomic mass is 10.0. The first-order valence-corrected chi connectivity index (χ1v) is 8.39. The van der Waals surface area contributed by atoms with Crippen molar-refractivity contribution in [2.45, 2.75) is 25.3 Å². The summed E-state index contributed by atoms with van der Waals surface area (Å²) < 4.78 is 0. The summed E-state index contributed by atoms with van der Waals surface area (Å²) in [6.07, 6.45) is 1.97. The molecule has 28 heavy (non-hydrogen) atoms. The largest absolute Gasteiger partial charge is 0.480 e. The molecule has 2 heterocycles. The molecular weight excluding hydrogens is 368 g/mol. The average Bonchev–Trinajstić information content (AvgIpc) is 2.67. The van der Waals surface area contributed by atoms with E-state index in [1.165, 1.54) is 30.5 Å². The van der Waals surface area contributed by atoms with Crippen molar-refractivity contribution in [1.82, 2.24) is 10.3 Å². The zero-order valence-electron chi connectivity index (χ0n) is 14.5. The van der Waals surface area contributed by atoms with Gasteiger partial charge in [-0.2, -0.15) is 0 Å². The van der Waals surface area contributed by atoms with Gasteiger partial charge in [0.05, 0.1) is 10.5 Å². The van der Waals surface area contributed by atoms with Crippen LogP contribution in [0.1, 0.15) is 27.9 Å². The summed E-state index contributed by atoms with van der Waals surface area (Å²) in [5, 5.41) is 25.1. The number of carboxylic acids is 1. The number of amides is 2. The highest BCUT2D eigenvalue weighted by Gasteiger charge is 2.23. The zero-order valence-corrected chi connectivity index (χ0v) is 14.5. The van der Waals surface area contributed by atoms with Gasteiger partial charge >= 0.3 is 5.97 Å². The molecule has 1 aliphatic rings. The highest BCUT2D eigenvalue weighted by molar-refractivity contribution is 5.98. The van der Waals surface area contributed by atoms with Crippen molar-refractivity contribution >= 4 is 29.3 Å². The van der Waals surface area contributed by atoms with Crippen molar-refractivity contribution < 1.29 is 24.4 Å². The second-order valence-electron chi connectivity index (χ2n) is 6.27. The molecule has 1 unspecified atom stereocenters. The lowest BCUT2D eigenvalue weighted by Crippen LogP contribution is -2.42. The smallest absolute Gasteiger partial charge is 0.326 e. The van der Waals surface area contributed by atoms with Gasteiger partial charge in [0, 0.05) is 31.2 Å². The van der Waals surface area contributed by atoms with Gasteiger partial charge in [-0.3, -0.25) is 19.7 Å². The van der Waals surface area contributed by atoms with E-state index < -0.39 is 22.8 Å². The monoisotopic (exact) mass is 384 g/mol. The molecule has 10 heteroatoms. The van der Waals surface area contributed by atoms with Crippen LogP contribution in [-0.2, 0) is 22.4 Å². The number of nitro groups is 1. The number of non-ortho nitro benzene ring substituents is 1. The zero-order chi connectivity index (χ0) is 20.3. The summed E-state index contributed by atoms with van der Waals surface area (Å²) in [5.74, 6) is -1.59. The first-order chi connectivity index (χ1) is 13.3. The number of hydrogen-bond donors (Lipinski definition) is 3. The Labute approximate surface area is 158 Å². The molecule has 0 radical (unpaired) electrons. The molecule has 2 amide bonds. The first kappa shape index (κ1) is 19.0. The molecule has 2 aromatic rings. The molecule has 0 bridgehead atoms. The number of fused-ring (bicyclic) bond motifs is 1. The van der Waals surface area contributed by atoms with E-state index in [1.54, 1.807) is 6.07 Å². The first-order valence-electron chi connectivity index (χ1n) is 8.39. The van der Waals surface area contributed by atoms with E-state index in [-0.39, 0.29) is 30.0 Å². The number of nitrogens with zero attached hydrogens (tertiary/aromatic N) is 2. The number of nitrogens with one attached hydrogen (secondary N) is 2. The lowest BCUT2D eigenvalue weighted by molar-refractivity contribution is -0.384. The predicted molar refractivity (Wildman–Crippen MR) is 96.9 cm³/mol. The molecule has 1 aliphatic heterocycles. The van der Waals surface area contributed by atoms with Crippen LogP contribution in [0.15, 0.2) is 36.5 Å². The average molecular weight is 384 g/mol. The van der Waals surface area contributed by atoms with Gasteiger partial charge < -0.3 is 15.7 Å². The molecule has 1 aromatic carbocycles. The Hall–Kier alpha value is -3.82. The topological polar surface area (TPSA) is 152 Å². The Morgan fingerprint density at radius 1 is 1.29 bits per heavy atom. The number of pyridine rings is 1. The maximum absolute atomic E-state index is 12.5. The summed E-state index contributed by atoms with van der Waals surface area (Å²) in [6.45, 7) is 0. The van der Waals surface area contributed by atoms with Crippen LogP contribution >= 0.6 is 0 Å². The number of hydrogen-bond acceptors (Lipinski definition) is 6. The number of aliphatic carboxylic acids is 1. The third-order valence-corrected chi connectivity index (χ3v) is 4.30. The fourth-order valence-electron chi connectivity index (χ4n) is 2.81. The number of aryl methyl sites for hydroxylation is 1. The van der Waals surface area contributed by atoms with Crippen LogP contribution in [0.4, 0.5) is 11.5 Å². The molecule has 3 rings (SSSR count). The van der Waals surface area contributed by atoms with Crippen LogP contribution < -0.4 is 10.6 Å². The van der Waals surface area contributed by atoms with Gasteiger partial charge in [-0.15, -0.1) is 0 Å².